The molecule has 3 aromatic carbocycles. The lowest BCUT2D eigenvalue weighted by atomic mass is 9.90. The highest BCUT2D eigenvalue weighted by Gasteiger charge is 2.23. The van der Waals surface area contributed by atoms with Crippen LogP contribution in [0.15, 0.2) is 89.3 Å². The van der Waals surface area contributed by atoms with E-state index < -0.39 is 5.92 Å². The fraction of sp³-hybridized carbons (Fsp3) is 0.125. The van der Waals surface area contributed by atoms with E-state index in [9.17, 15) is 4.79 Å². The SMILES string of the molecule is Cc1ccc(CSc2nnc(NC(=O)C(c3ccccc3)c3ccccc3)s2)cc1. The van der Waals surface area contributed by atoms with Crippen LogP contribution in [-0.4, -0.2) is 16.1 Å². The van der Waals surface area contributed by atoms with Gasteiger partial charge in [-0.2, -0.15) is 0 Å². The van der Waals surface area contributed by atoms with E-state index >= 15 is 0 Å². The summed E-state index contributed by atoms with van der Waals surface area (Å²) in [5.41, 5.74) is 4.37. The van der Waals surface area contributed by atoms with Gasteiger partial charge in [-0.25, -0.2) is 0 Å². The number of carbonyl (C=O) groups excluding carboxylic acids is 1. The van der Waals surface area contributed by atoms with Crippen LogP contribution in [0, 0.1) is 6.92 Å². The second kappa shape index (κ2) is 9.69. The number of amides is 1. The third kappa shape index (κ3) is 5.14. The number of thioether (sulfide) groups is 1. The fourth-order valence-corrected chi connectivity index (χ4v) is 4.82. The van der Waals surface area contributed by atoms with Gasteiger partial charge < -0.3 is 0 Å². The maximum atomic E-state index is 13.2. The molecule has 0 saturated heterocycles. The van der Waals surface area contributed by atoms with Gasteiger partial charge in [-0.15, -0.1) is 10.2 Å². The third-order valence-electron chi connectivity index (χ3n) is 4.65. The minimum absolute atomic E-state index is 0.112. The second-order valence-electron chi connectivity index (χ2n) is 6.89. The number of anilines is 1. The summed E-state index contributed by atoms with van der Waals surface area (Å²) >= 11 is 3.02. The molecule has 6 heteroatoms. The zero-order valence-corrected chi connectivity index (χ0v) is 18.1. The summed E-state index contributed by atoms with van der Waals surface area (Å²) in [6, 6.07) is 28.0. The monoisotopic (exact) mass is 431 g/mol. The molecule has 1 heterocycles. The Morgan fingerprint density at radius 3 is 2.10 bits per heavy atom. The van der Waals surface area contributed by atoms with Gasteiger partial charge in [0.15, 0.2) is 4.34 Å². The summed E-state index contributed by atoms with van der Waals surface area (Å²) in [7, 11) is 0. The Hall–Kier alpha value is -2.96. The molecule has 30 heavy (non-hydrogen) atoms. The third-order valence-corrected chi connectivity index (χ3v) is 6.69. The topological polar surface area (TPSA) is 54.9 Å². The van der Waals surface area contributed by atoms with Crippen molar-refractivity contribution >= 4 is 34.1 Å². The number of carbonyl (C=O) groups is 1. The van der Waals surface area contributed by atoms with Crippen LogP contribution in [0.5, 0.6) is 0 Å². The molecule has 4 rings (SSSR count). The van der Waals surface area contributed by atoms with Gasteiger partial charge in [0.2, 0.25) is 11.0 Å². The van der Waals surface area contributed by atoms with Crippen molar-refractivity contribution in [2.75, 3.05) is 5.32 Å². The number of nitrogens with zero attached hydrogens (tertiary/aromatic N) is 2. The highest BCUT2D eigenvalue weighted by Crippen LogP contribution is 2.30. The zero-order chi connectivity index (χ0) is 20.8. The van der Waals surface area contributed by atoms with E-state index in [1.54, 1.807) is 11.8 Å². The van der Waals surface area contributed by atoms with Crippen molar-refractivity contribution in [1.29, 1.82) is 0 Å². The predicted molar refractivity (Wildman–Crippen MR) is 124 cm³/mol. The molecule has 4 nitrogen and oxygen atoms in total. The molecule has 0 spiro atoms. The molecule has 0 aliphatic carbocycles. The summed E-state index contributed by atoms with van der Waals surface area (Å²) in [6.45, 7) is 2.08. The second-order valence-corrected chi connectivity index (χ2v) is 9.09. The zero-order valence-electron chi connectivity index (χ0n) is 16.5. The van der Waals surface area contributed by atoms with Crippen molar-refractivity contribution < 1.29 is 4.79 Å². The Balaban J connectivity index is 1.46. The molecule has 0 atom stereocenters. The molecular formula is C24H21N3OS2. The van der Waals surface area contributed by atoms with Gasteiger partial charge in [-0.3, -0.25) is 10.1 Å². The summed E-state index contributed by atoms with van der Waals surface area (Å²) in [6.07, 6.45) is 0. The van der Waals surface area contributed by atoms with E-state index in [0.717, 1.165) is 21.2 Å². The lowest BCUT2D eigenvalue weighted by Gasteiger charge is -2.16. The van der Waals surface area contributed by atoms with E-state index in [1.165, 1.54) is 22.5 Å². The number of rotatable bonds is 7. The quantitative estimate of drug-likeness (QED) is 0.292. The average molecular weight is 432 g/mol. The van der Waals surface area contributed by atoms with Crippen molar-refractivity contribution in [3.63, 3.8) is 0 Å². The van der Waals surface area contributed by atoms with Crippen molar-refractivity contribution in [3.05, 3.63) is 107 Å². The van der Waals surface area contributed by atoms with Crippen LogP contribution < -0.4 is 5.32 Å². The molecule has 0 aliphatic rings. The number of nitrogens with one attached hydrogen (secondary N) is 1. The molecule has 1 aromatic heterocycles. The molecule has 0 aliphatic heterocycles. The van der Waals surface area contributed by atoms with E-state index in [4.69, 9.17) is 0 Å². The molecular weight excluding hydrogens is 410 g/mol. The number of hydrogen-bond acceptors (Lipinski definition) is 5. The Labute approximate surface area is 184 Å². The van der Waals surface area contributed by atoms with Crippen LogP contribution in [-0.2, 0) is 10.5 Å². The smallest absolute Gasteiger partial charge is 0.238 e. The minimum atomic E-state index is -0.403. The molecule has 0 unspecified atom stereocenters. The summed E-state index contributed by atoms with van der Waals surface area (Å²) in [5, 5.41) is 11.9. The van der Waals surface area contributed by atoms with Crippen LogP contribution in [0.1, 0.15) is 28.2 Å². The van der Waals surface area contributed by atoms with E-state index in [2.05, 4.69) is 46.7 Å². The molecule has 0 bridgehead atoms. The normalized spacial score (nSPS) is 10.9. The van der Waals surface area contributed by atoms with Crippen LogP contribution in [0.25, 0.3) is 0 Å². The van der Waals surface area contributed by atoms with Gasteiger partial charge in [0, 0.05) is 5.75 Å². The number of hydrogen-bond donors (Lipinski definition) is 1. The summed E-state index contributed by atoms with van der Waals surface area (Å²) in [4.78, 5) is 13.2. The van der Waals surface area contributed by atoms with Crippen LogP contribution in [0.2, 0.25) is 0 Å². The number of aromatic nitrogens is 2. The van der Waals surface area contributed by atoms with E-state index in [-0.39, 0.29) is 5.91 Å². The molecule has 1 N–H and O–H groups in total. The molecule has 0 radical (unpaired) electrons. The lowest BCUT2D eigenvalue weighted by Crippen LogP contribution is -2.22. The molecule has 0 saturated carbocycles. The first-order valence-electron chi connectivity index (χ1n) is 9.61. The molecule has 150 valence electrons. The van der Waals surface area contributed by atoms with Crippen molar-refractivity contribution in [2.45, 2.75) is 22.9 Å². The minimum Gasteiger partial charge on any atom is -0.300 e. The highest BCUT2D eigenvalue weighted by molar-refractivity contribution is 8.00. The van der Waals surface area contributed by atoms with Gasteiger partial charge in [-0.1, -0.05) is 114 Å². The van der Waals surface area contributed by atoms with E-state index in [1.807, 2.05) is 60.7 Å². The van der Waals surface area contributed by atoms with Crippen molar-refractivity contribution in [3.8, 4) is 0 Å². The average Bonchev–Trinajstić information content (AvgIpc) is 3.22. The molecule has 1 amide bonds. The van der Waals surface area contributed by atoms with Gasteiger partial charge in [0.1, 0.15) is 0 Å². The van der Waals surface area contributed by atoms with Gasteiger partial charge in [0.25, 0.3) is 0 Å². The number of aryl methyl sites for hydroxylation is 1. The van der Waals surface area contributed by atoms with E-state index in [0.29, 0.717) is 5.13 Å². The lowest BCUT2D eigenvalue weighted by molar-refractivity contribution is -0.116. The van der Waals surface area contributed by atoms with Gasteiger partial charge >= 0.3 is 0 Å². The molecule has 0 fully saturated rings. The Bertz CT molecular complexity index is 1060. The fourth-order valence-electron chi connectivity index (χ4n) is 3.11. The summed E-state index contributed by atoms with van der Waals surface area (Å²) in [5.74, 6) is 0.304. The van der Waals surface area contributed by atoms with Crippen LogP contribution in [0.4, 0.5) is 5.13 Å². The molecule has 4 aromatic rings. The first-order chi connectivity index (χ1) is 14.7. The predicted octanol–water partition coefficient (Wildman–Crippen LogP) is 5.91. The van der Waals surface area contributed by atoms with Gasteiger partial charge in [0.05, 0.1) is 5.92 Å². The van der Waals surface area contributed by atoms with Crippen LogP contribution in [0.3, 0.4) is 0 Å². The Morgan fingerprint density at radius 1 is 0.900 bits per heavy atom. The largest absolute Gasteiger partial charge is 0.300 e. The van der Waals surface area contributed by atoms with Crippen molar-refractivity contribution in [2.24, 2.45) is 0 Å². The van der Waals surface area contributed by atoms with Crippen molar-refractivity contribution in [1.82, 2.24) is 10.2 Å². The standard InChI is InChI=1S/C24H21N3OS2/c1-17-12-14-18(15-13-17)16-29-24-27-26-23(30-24)25-22(28)21(19-8-4-2-5-9-19)20-10-6-3-7-11-20/h2-15,21H,16H2,1H3,(H,25,26,28). The number of benzene rings is 3. The highest BCUT2D eigenvalue weighted by atomic mass is 32.2. The Morgan fingerprint density at radius 2 is 1.50 bits per heavy atom. The maximum Gasteiger partial charge on any atom is 0.238 e. The van der Waals surface area contributed by atoms with Gasteiger partial charge in [-0.05, 0) is 23.6 Å². The summed E-state index contributed by atoms with van der Waals surface area (Å²) < 4.78 is 0.835. The van der Waals surface area contributed by atoms with Crippen LogP contribution >= 0.6 is 23.1 Å². The first-order valence-corrected chi connectivity index (χ1v) is 11.4. The maximum absolute atomic E-state index is 13.2. The first kappa shape index (κ1) is 20.3. The Kier molecular flexibility index (Phi) is 6.57.